The fourth-order valence-corrected chi connectivity index (χ4v) is 4.42. The number of hydrogen-bond acceptors (Lipinski definition) is 16. The molecule has 18 heteroatoms. The van der Waals surface area contributed by atoms with Crippen LogP contribution in [0.5, 0.6) is 0 Å². The zero-order valence-electron chi connectivity index (χ0n) is 29.2. The van der Waals surface area contributed by atoms with Gasteiger partial charge in [0, 0.05) is 13.0 Å². The van der Waals surface area contributed by atoms with Crippen molar-refractivity contribution in [2.24, 2.45) is 0 Å². The average Bonchev–Trinajstić information content (AvgIpc) is 3.06. The van der Waals surface area contributed by atoms with E-state index in [0.717, 1.165) is 12.6 Å². The lowest BCUT2D eigenvalue weighted by atomic mass is 10.4. The lowest BCUT2D eigenvalue weighted by molar-refractivity contribution is -0.140. The van der Waals surface area contributed by atoms with E-state index in [4.69, 9.17) is 37.9 Å². The number of carbonyl (C=O) groups excluding carboxylic acids is 3. The van der Waals surface area contributed by atoms with Crippen molar-refractivity contribution in [1.29, 1.82) is 0 Å². The third-order valence-corrected chi connectivity index (χ3v) is 6.66. The van der Waals surface area contributed by atoms with Crippen molar-refractivity contribution in [2.75, 3.05) is 165 Å². The standard InChI is InChI=1S/C31H59N5O13/c1-2-33-26-35(28-34(5-7-38)29-36(27-33)25-31(40)41)24-30(39)32-4-9-43-11-13-45-15-17-47-19-21-49-23-22-48-20-18-46-16-14-44-12-10-42-8-3-6-37/h6-7H,2-5,8-29H2,1H3,(H,32,39)(H,40,41). The summed E-state index contributed by atoms with van der Waals surface area (Å²) in [5, 5.41) is 12.1. The van der Waals surface area contributed by atoms with Gasteiger partial charge >= 0.3 is 5.97 Å². The highest BCUT2D eigenvalue weighted by atomic mass is 16.6. The van der Waals surface area contributed by atoms with E-state index in [9.17, 15) is 24.3 Å². The van der Waals surface area contributed by atoms with Gasteiger partial charge in [0.15, 0.2) is 0 Å². The van der Waals surface area contributed by atoms with E-state index in [0.29, 0.717) is 152 Å². The summed E-state index contributed by atoms with van der Waals surface area (Å²) in [5.41, 5.74) is 0. The number of carbonyl (C=O) groups is 4. The molecular formula is C31H59N5O13. The molecule has 0 aliphatic carbocycles. The Morgan fingerprint density at radius 3 is 1.33 bits per heavy atom. The molecule has 0 radical (unpaired) electrons. The molecule has 1 aliphatic heterocycles. The second-order valence-corrected chi connectivity index (χ2v) is 10.8. The molecule has 0 atom stereocenters. The summed E-state index contributed by atoms with van der Waals surface area (Å²) in [7, 11) is 0. The third-order valence-electron chi connectivity index (χ3n) is 6.66. The Labute approximate surface area is 290 Å². The molecule has 1 rings (SSSR count). The zero-order chi connectivity index (χ0) is 35.6. The highest BCUT2D eigenvalue weighted by Gasteiger charge is 2.24. The second-order valence-electron chi connectivity index (χ2n) is 10.8. The van der Waals surface area contributed by atoms with Crippen molar-refractivity contribution in [2.45, 2.75) is 13.3 Å². The van der Waals surface area contributed by atoms with E-state index >= 15 is 0 Å². The van der Waals surface area contributed by atoms with Crippen LogP contribution in [0.4, 0.5) is 0 Å². The van der Waals surface area contributed by atoms with Crippen molar-refractivity contribution >= 4 is 24.4 Å². The zero-order valence-corrected chi connectivity index (χ0v) is 29.2. The van der Waals surface area contributed by atoms with E-state index in [1.807, 2.05) is 16.7 Å². The molecule has 0 aromatic heterocycles. The molecule has 0 aromatic rings. The Balaban J connectivity index is 1.91. The first-order valence-electron chi connectivity index (χ1n) is 16.9. The Morgan fingerprint density at radius 1 is 0.551 bits per heavy atom. The van der Waals surface area contributed by atoms with Gasteiger partial charge in [0.25, 0.3) is 0 Å². The monoisotopic (exact) mass is 709 g/mol. The summed E-state index contributed by atoms with van der Waals surface area (Å²) in [6, 6.07) is 0. The molecule has 1 aliphatic rings. The quantitative estimate of drug-likeness (QED) is 0.0561. The highest BCUT2D eigenvalue weighted by Crippen LogP contribution is 2.06. The largest absolute Gasteiger partial charge is 0.480 e. The van der Waals surface area contributed by atoms with Crippen LogP contribution in [0.25, 0.3) is 0 Å². The van der Waals surface area contributed by atoms with Crippen LogP contribution in [0.3, 0.4) is 0 Å². The second kappa shape index (κ2) is 33.0. The molecule has 0 saturated carbocycles. The first-order valence-corrected chi connectivity index (χ1v) is 16.9. The van der Waals surface area contributed by atoms with Gasteiger partial charge in [0.05, 0.1) is 152 Å². The Hall–Kier alpha value is -2.20. The van der Waals surface area contributed by atoms with Gasteiger partial charge in [-0.3, -0.25) is 29.2 Å². The highest BCUT2D eigenvalue weighted by molar-refractivity contribution is 5.78. The van der Waals surface area contributed by atoms with Crippen LogP contribution in [0.1, 0.15) is 13.3 Å². The smallest absolute Gasteiger partial charge is 0.317 e. The summed E-state index contributed by atoms with van der Waals surface area (Å²) >= 11 is 0. The molecule has 49 heavy (non-hydrogen) atoms. The first-order chi connectivity index (χ1) is 24.0. The predicted octanol–water partition coefficient (Wildman–Crippen LogP) is -1.82. The van der Waals surface area contributed by atoms with Gasteiger partial charge in [-0.15, -0.1) is 0 Å². The van der Waals surface area contributed by atoms with Crippen molar-refractivity contribution in [1.82, 2.24) is 24.9 Å². The number of nitrogens with zero attached hydrogens (tertiary/aromatic N) is 4. The summed E-state index contributed by atoms with van der Waals surface area (Å²) in [6.45, 7) is 11.9. The van der Waals surface area contributed by atoms with E-state index in [2.05, 4.69) is 10.2 Å². The number of nitrogens with one attached hydrogen (secondary N) is 1. The summed E-state index contributed by atoms with van der Waals surface area (Å²) in [6.07, 6.45) is 2.00. The van der Waals surface area contributed by atoms with Gasteiger partial charge < -0.3 is 57.9 Å². The molecule has 1 heterocycles. The maximum Gasteiger partial charge on any atom is 0.317 e. The van der Waals surface area contributed by atoms with E-state index in [1.165, 1.54) is 0 Å². The fourth-order valence-electron chi connectivity index (χ4n) is 4.42. The van der Waals surface area contributed by atoms with Crippen LogP contribution >= 0.6 is 0 Å². The average molecular weight is 710 g/mol. The van der Waals surface area contributed by atoms with Crippen molar-refractivity contribution in [3.05, 3.63) is 0 Å². The number of carboxylic acid groups (broad SMARTS) is 1. The minimum Gasteiger partial charge on any atom is -0.480 e. The molecule has 0 bridgehead atoms. The van der Waals surface area contributed by atoms with Crippen LogP contribution in [0.15, 0.2) is 0 Å². The summed E-state index contributed by atoms with van der Waals surface area (Å²) < 4.78 is 43.3. The molecule has 1 saturated heterocycles. The van der Waals surface area contributed by atoms with E-state index in [1.54, 1.807) is 4.90 Å². The maximum atomic E-state index is 12.5. The van der Waals surface area contributed by atoms with Crippen LogP contribution in [-0.4, -0.2) is 214 Å². The number of carboxylic acids is 1. The van der Waals surface area contributed by atoms with Gasteiger partial charge in [-0.25, -0.2) is 0 Å². The number of aldehydes is 2. The lowest BCUT2D eigenvalue weighted by Gasteiger charge is -2.40. The molecule has 286 valence electrons. The van der Waals surface area contributed by atoms with Crippen molar-refractivity contribution in [3.63, 3.8) is 0 Å². The van der Waals surface area contributed by atoms with Crippen molar-refractivity contribution < 1.29 is 62.2 Å². The Kier molecular flexibility index (Phi) is 30.2. The third kappa shape index (κ3) is 28.2. The molecule has 2 N–H and O–H groups in total. The fraction of sp³-hybridized carbons (Fsp3) is 0.871. The van der Waals surface area contributed by atoms with Crippen molar-refractivity contribution in [3.8, 4) is 0 Å². The molecule has 0 spiro atoms. The normalized spacial score (nSPS) is 15.2. The molecule has 18 nitrogen and oxygen atoms in total. The summed E-state index contributed by atoms with van der Waals surface area (Å²) in [5.74, 6) is -1.09. The van der Waals surface area contributed by atoms with Gasteiger partial charge in [-0.2, -0.15) is 0 Å². The Bertz CT molecular complexity index is 833. The maximum absolute atomic E-state index is 12.5. The minimum absolute atomic E-state index is 0.125. The molecule has 1 fully saturated rings. The first kappa shape index (κ1) is 44.8. The number of rotatable bonds is 34. The van der Waals surface area contributed by atoms with Crippen LogP contribution in [0.2, 0.25) is 0 Å². The lowest BCUT2D eigenvalue weighted by Crippen LogP contribution is -2.57. The van der Waals surface area contributed by atoms with Gasteiger partial charge in [0.1, 0.15) is 12.6 Å². The number of hydrogen-bond donors (Lipinski definition) is 2. The topological polar surface area (TPSA) is 187 Å². The number of aliphatic carboxylic acids is 1. The molecule has 0 unspecified atom stereocenters. The minimum atomic E-state index is -0.927. The van der Waals surface area contributed by atoms with E-state index in [-0.39, 0.29) is 25.5 Å². The number of ether oxygens (including phenoxy) is 8. The van der Waals surface area contributed by atoms with E-state index < -0.39 is 5.97 Å². The van der Waals surface area contributed by atoms with Crippen LogP contribution < -0.4 is 5.32 Å². The summed E-state index contributed by atoms with van der Waals surface area (Å²) in [4.78, 5) is 52.6. The van der Waals surface area contributed by atoms with Gasteiger partial charge in [-0.05, 0) is 6.54 Å². The van der Waals surface area contributed by atoms with Crippen LogP contribution in [0, 0.1) is 0 Å². The predicted molar refractivity (Wildman–Crippen MR) is 176 cm³/mol. The SMILES string of the molecule is CCN1CN(CC(=O)O)CN(CC=O)CN(CC(=O)NCCOCCOCCOCCOCCOCCOCCOCCOCCC=O)C1. The molecule has 1 amide bonds. The molecule has 0 aromatic carbocycles. The Morgan fingerprint density at radius 2 is 0.939 bits per heavy atom. The van der Waals surface area contributed by atoms with Gasteiger partial charge in [0.2, 0.25) is 5.91 Å². The number of amides is 1. The van der Waals surface area contributed by atoms with Crippen LogP contribution in [-0.2, 0) is 57.1 Å². The van der Waals surface area contributed by atoms with Gasteiger partial charge in [-0.1, -0.05) is 6.92 Å². The molecular weight excluding hydrogens is 650 g/mol.